The van der Waals surface area contributed by atoms with Gasteiger partial charge in [0.05, 0.1) is 22.5 Å². The summed E-state index contributed by atoms with van der Waals surface area (Å²) >= 11 is 0. The molecule has 0 amide bonds. The molecule has 164 valence electrons. The van der Waals surface area contributed by atoms with E-state index < -0.39 is 22.1 Å². The van der Waals surface area contributed by atoms with Crippen LogP contribution < -0.4 is 10.8 Å². The molecular weight excluding hydrogens is 382 g/mol. The Kier molecular flexibility index (Phi) is 8.67. The van der Waals surface area contributed by atoms with E-state index in [1.54, 1.807) is 20.8 Å². The zero-order valence-corrected chi connectivity index (χ0v) is 17.7. The molecule has 0 aromatic carbocycles. The maximum atomic E-state index is 11.2. The van der Waals surface area contributed by atoms with E-state index >= 15 is 0 Å². The third-order valence-corrected chi connectivity index (χ3v) is 4.74. The van der Waals surface area contributed by atoms with Crippen molar-refractivity contribution in [2.75, 3.05) is 6.54 Å². The molecule has 0 aliphatic rings. The Bertz CT molecular complexity index is 742. The van der Waals surface area contributed by atoms with Gasteiger partial charge in [-0.3, -0.25) is 4.84 Å². The zero-order valence-electron chi connectivity index (χ0n) is 17.7. The van der Waals surface area contributed by atoms with Crippen LogP contribution in [-0.2, 0) is 11.4 Å². The molecule has 1 heterocycles. The molecule has 0 aliphatic carbocycles. The Morgan fingerprint density at radius 3 is 2.52 bits per heavy atom. The van der Waals surface area contributed by atoms with Gasteiger partial charge in [-0.05, 0) is 46.0 Å². The molecule has 0 spiro atoms. The number of imidazole rings is 1. The smallest absolute Gasteiger partial charge is 0.411 e. The maximum absolute atomic E-state index is 11.2. The number of nitrogens with one attached hydrogen (secondary N) is 2. The number of hydrogen-bond donors (Lipinski definition) is 4. The van der Waals surface area contributed by atoms with Crippen molar-refractivity contribution in [1.82, 2.24) is 20.3 Å². The van der Waals surface area contributed by atoms with Crippen LogP contribution in [0, 0.1) is 10.1 Å². The van der Waals surface area contributed by atoms with E-state index in [4.69, 9.17) is 10.0 Å². The van der Waals surface area contributed by atoms with Crippen LogP contribution in [0.15, 0.2) is 22.7 Å². The Balaban J connectivity index is 2.99. The van der Waals surface area contributed by atoms with E-state index in [9.17, 15) is 15.3 Å². The summed E-state index contributed by atoms with van der Waals surface area (Å²) in [4.78, 5) is 20.1. The first-order valence-corrected chi connectivity index (χ1v) is 9.22. The minimum absolute atomic E-state index is 0.134. The molecule has 0 fully saturated rings. The topological polar surface area (TPSA) is 159 Å². The molecular formula is C17H31N7O5. The minimum atomic E-state index is -0.773. The first-order valence-electron chi connectivity index (χ1n) is 9.22. The highest BCUT2D eigenvalue weighted by atomic mass is 16.7. The van der Waals surface area contributed by atoms with Crippen LogP contribution in [0.1, 0.15) is 48.0 Å². The molecule has 0 aliphatic heterocycles. The van der Waals surface area contributed by atoms with Crippen molar-refractivity contribution in [2.45, 2.75) is 71.7 Å². The van der Waals surface area contributed by atoms with Crippen molar-refractivity contribution >= 4 is 17.4 Å². The predicted molar refractivity (Wildman–Crippen MR) is 107 cm³/mol. The molecule has 0 bridgehead atoms. The van der Waals surface area contributed by atoms with Gasteiger partial charge in [-0.25, -0.2) is 4.57 Å². The quantitative estimate of drug-likeness (QED) is 0.175. The lowest BCUT2D eigenvalue weighted by atomic mass is 9.96. The second kappa shape index (κ2) is 10.3. The number of hydroxylamine groups is 1. The van der Waals surface area contributed by atoms with Gasteiger partial charge in [0.25, 0.3) is 0 Å². The van der Waals surface area contributed by atoms with Gasteiger partial charge in [0.15, 0.2) is 0 Å². The Morgan fingerprint density at radius 2 is 2.00 bits per heavy atom. The van der Waals surface area contributed by atoms with Crippen LogP contribution in [0.25, 0.3) is 0 Å². The molecule has 4 N–H and O–H groups in total. The molecule has 0 radical (unpaired) electrons. The van der Waals surface area contributed by atoms with Crippen LogP contribution in [-0.4, -0.2) is 60.0 Å². The number of aromatic nitrogens is 2. The average molecular weight is 413 g/mol. The molecule has 12 nitrogen and oxygen atoms in total. The standard InChI is InChI=1S/C17H31N7O5/c1-7-14(21-26)17(5,6)19-10-13(29-22-16(3,4)12(2)20-25)11-23-9-8-18-15(23)24(27)28/h8-9,13,19,22,25-26H,7,10-11H2,1-6H3/b20-12+,21-14+. The van der Waals surface area contributed by atoms with E-state index in [1.165, 1.54) is 17.0 Å². The zero-order chi connectivity index (χ0) is 22.2. The van der Waals surface area contributed by atoms with Crippen LogP contribution >= 0.6 is 0 Å². The van der Waals surface area contributed by atoms with Crippen molar-refractivity contribution in [3.63, 3.8) is 0 Å². The summed E-state index contributed by atoms with van der Waals surface area (Å²) in [5.41, 5.74) is 2.41. The van der Waals surface area contributed by atoms with Crippen molar-refractivity contribution in [3.05, 3.63) is 22.5 Å². The number of hydrogen-bond acceptors (Lipinski definition) is 10. The van der Waals surface area contributed by atoms with Gasteiger partial charge < -0.3 is 25.8 Å². The van der Waals surface area contributed by atoms with Crippen molar-refractivity contribution in [1.29, 1.82) is 0 Å². The largest absolute Gasteiger partial charge is 0.434 e. The molecule has 1 aromatic rings. The summed E-state index contributed by atoms with van der Waals surface area (Å²) in [7, 11) is 0. The summed E-state index contributed by atoms with van der Waals surface area (Å²) in [5.74, 6) is -0.295. The lowest BCUT2D eigenvalue weighted by molar-refractivity contribution is -0.397. The molecule has 0 saturated carbocycles. The number of nitrogens with zero attached hydrogens (tertiary/aromatic N) is 5. The van der Waals surface area contributed by atoms with Gasteiger partial charge in [-0.1, -0.05) is 22.2 Å². The molecule has 0 saturated heterocycles. The molecule has 1 rings (SSSR count). The fourth-order valence-corrected chi connectivity index (χ4v) is 2.52. The number of nitro groups is 1. The number of rotatable bonds is 12. The van der Waals surface area contributed by atoms with Crippen molar-refractivity contribution in [2.24, 2.45) is 10.3 Å². The van der Waals surface area contributed by atoms with E-state index in [2.05, 4.69) is 26.1 Å². The lowest BCUT2D eigenvalue weighted by Crippen LogP contribution is -2.53. The van der Waals surface area contributed by atoms with Crippen LogP contribution in [0.2, 0.25) is 0 Å². The van der Waals surface area contributed by atoms with E-state index in [-0.39, 0.29) is 19.0 Å². The Labute approximate surface area is 169 Å². The average Bonchev–Trinajstić information content (AvgIpc) is 3.12. The summed E-state index contributed by atoms with van der Waals surface area (Å²) in [6.07, 6.45) is 2.83. The van der Waals surface area contributed by atoms with Gasteiger partial charge >= 0.3 is 5.95 Å². The minimum Gasteiger partial charge on any atom is -0.411 e. The van der Waals surface area contributed by atoms with Crippen LogP contribution in [0.4, 0.5) is 5.95 Å². The van der Waals surface area contributed by atoms with Crippen molar-refractivity contribution in [3.8, 4) is 0 Å². The van der Waals surface area contributed by atoms with Crippen LogP contribution in [0.3, 0.4) is 0 Å². The SMILES string of the molecule is CC/C(=N\O)C(C)(C)NCC(Cn1ccnc1[N+](=O)[O-])ONC(C)(C)/C(C)=N/O. The van der Waals surface area contributed by atoms with E-state index in [0.717, 1.165) is 0 Å². The number of oxime groups is 2. The summed E-state index contributed by atoms with van der Waals surface area (Å²) < 4.78 is 1.38. The van der Waals surface area contributed by atoms with Gasteiger partial charge in [-0.2, -0.15) is 5.48 Å². The molecule has 12 heteroatoms. The second-order valence-corrected chi connectivity index (χ2v) is 7.70. The van der Waals surface area contributed by atoms with Crippen molar-refractivity contribution < 1.29 is 20.2 Å². The van der Waals surface area contributed by atoms with Gasteiger partial charge in [-0.15, -0.1) is 0 Å². The molecule has 29 heavy (non-hydrogen) atoms. The normalized spacial score (nSPS) is 14.8. The van der Waals surface area contributed by atoms with Gasteiger partial charge in [0.2, 0.25) is 0 Å². The van der Waals surface area contributed by atoms with E-state index in [0.29, 0.717) is 17.8 Å². The highest BCUT2D eigenvalue weighted by molar-refractivity contribution is 5.92. The second-order valence-electron chi connectivity index (χ2n) is 7.70. The lowest BCUT2D eigenvalue weighted by Gasteiger charge is -2.31. The molecule has 1 atom stereocenters. The fourth-order valence-electron chi connectivity index (χ4n) is 2.52. The summed E-state index contributed by atoms with van der Waals surface area (Å²) in [5, 5.41) is 39.2. The maximum Gasteiger partial charge on any atom is 0.434 e. The van der Waals surface area contributed by atoms with Gasteiger partial charge in [0, 0.05) is 6.54 Å². The predicted octanol–water partition coefficient (Wildman–Crippen LogP) is 1.92. The Hall–Kier alpha value is -2.57. The highest BCUT2D eigenvalue weighted by Gasteiger charge is 2.29. The molecule has 1 unspecified atom stereocenters. The van der Waals surface area contributed by atoms with E-state index in [1.807, 2.05) is 20.8 Å². The summed E-state index contributed by atoms with van der Waals surface area (Å²) in [6, 6.07) is 0. The monoisotopic (exact) mass is 413 g/mol. The van der Waals surface area contributed by atoms with Gasteiger partial charge in [0.1, 0.15) is 25.0 Å². The molecule has 1 aromatic heterocycles. The third kappa shape index (κ3) is 6.76. The van der Waals surface area contributed by atoms with Crippen LogP contribution in [0.5, 0.6) is 0 Å². The Morgan fingerprint density at radius 1 is 1.34 bits per heavy atom. The first-order chi connectivity index (χ1) is 13.5. The first kappa shape index (κ1) is 24.5. The fraction of sp³-hybridized carbons (Fsp3) is 0.706. The summed E-state index contributed by atoms with van der Waals surface area (Å²) in [6.45, 7) is 11.2. The third-order valence-electron chi connectivity index (χ3n) is 4.74. The highest BCUT2D eigenvalue weighted by Crippen LogP contribution is 2.13.